The van der Waals surface area contributed by atoms with Gasteiger partial charge in [-0.2, -0.15) is 0 Å². The van der Waals surface area contributed by atoms with Crippen molar-refractivity contribution in [3.05, 3.63) is 29.8 Å². The monoisotopic (exact) mass is 307 g/mol. The van der Waals surface area contributed by atoms with Crippen molar-refractivity contribution >= 4 is 23.6 Å². The number of unbranched alkanes of at least 4 members (excludes halogenated alkanes) is 3. The van der Waals surface area contributed by atoms with Gasteiger partial charge in [-0.1, -0.05) is 18.9 Å². The number of hydrogen-bond donors (Lipinski definition) is 4. The summed E-state index contributed by atoms with van der Waals surface area (Å²) in [5, 5.41) is 13.7. The fourth-order valence-corrected chi connectivity index (χ4v) is 1.94. The molecule has 1 aromatic rings. The molecule has 0 radical (unpaired) electrons. The van der Waals surface area contributed by atoms with Crippen molar-refractivity contribution < 1.29 is 19.5 Å². The summed E-state index contributed by atoms with van der Waals surface area (Å²) >= 11 is 0. The van der Waals surface area contributed by atoms with Gasteiger partial charge in [-0.05, 0) is 31.0 Å². The number of benzene rings is 1. The third-order valence-electron chi connectivity index (χ3n) is 3.00. The van der Waals surface area contributed by atoms with Gasteiger partial charge in [0.15, 0.2) is 0 Å². The van der Waals surface area contributed by atoms with E-state index < -0.39 is 12.0 Å². The first-order valence-corrected chi connectivity index (χ1v) is 7.15. The summed E-state index contributed by atoms with van der Waals surface area (Å²) in [7, 11) is 0. The second-order valence-electron chi connectivity index (χ2n) is 4.88. The van der Waals surface area contributed by atoms with E-state index >= 15 is 0 Å². The molecule has 0 fully saturated rings. The molecule has 5 N–H and O–H groups in total. The minimum absolute atomic E-state index is 0.187. The van der Waals surface area contributed by atoms with Crippen LogP contribution in [-0.4, -0.2) is 29.6 Å². The van der Waals surface area contributed by atoms with Crippen LogP contribution in [0.5, 0.6) is 0 Å². The molecule has 1 aromatic carbocycles. The third kappa shape index (κ3) is 7.28. The van der Waals surface area contributed by atoms with Crippen molar-refractivity contribution in [2.75, 3.05) is 11.9 Å². The molecule has 0 aliphatic heterocycles. The van der Waals surface area contributed by atoms with E-state index in [1.807, 2.05) is 0 Å². The van der Waals surface area contributed by atoms with E-state index in [4.69, 9.17) is 10.8 Å². The van der Waals surface area contributed by atoms with E-state index in [1.54, 1.807) is 24.3 Å². The number of primary amides is 1. The number of nitrogens with one attached hydrogen (secondary N) is 2. The molecule has 120 valence electrons. The number of rotatable bonds is 9. The van der Waals surface area contributed by atoms with Crippen molar-refractivity contribution in [3.63, 3.8) is 0 Å². The van der Waals surface area contributed by atoms with Crippen LogP contribution in [-0.2, 0) is 4.79 Å². The molecule has 22 heavy (non-hydrogen) atoms. The second kappa shape index (κ2) is 9.38. The van der Waals surface area contributed by atoms with Gasteiger partial charge in [-0.15, -0.1) is 0 Å². The Bertz CT molecular complexity index is 531. The number of hydrogen-bond acceptors (Lipinski definition) is 3. The van der Waals surface area contributed by atoms with Crippen LogP contribution < -0.4 is 16.4 Å². The molecule has 0 aromatic heterocycles. The summed E-state index contributed by atoms with van der Waals surface area (Å²) in [5.74, 6) is -1.00. The number of carboxylic acid groups (broad SMARTS) is 1. The number of carbonyl (C=O) groups is 3. The molecule has 0 unspecified atom stereocenters. The summed E-state index contributed by atoms with van der Waals surface area (Å²) in [4.78, 5) is 33.0. The maximum atomic E-state index is 11.9. The van der Waals surface area contributed by atoms with Gasteiger partial charge in [0.1, 0.15) is 0 Å². The standard InChI is InChI=1S/C15H21N3O4/c16-15(22)18-12-7-5-6-11(10-12)14(21)17-9-4-2-1-3-8-13(19)20/h5-7,10H,1-4,8-9H2,(H,17,21)(H,19,20)(H3,16,18,22). The maximum Gasteiger partial charge on any atom is 0.316 e. The lowest BCUT2D eigenvalue weighted by atomic mass is 10.1. The SMILES string of the molecule is NC(=O)Nc1cccc(C(=O)NCCCCCCC(=O)O)c1. The van der Waals surface area contributed by atoms with E-state index in [0.29, 0.717) is 24.2 Å². The van der Waals surface area contributed by atoms with Crippen LogP contribution in [0.2, 0.25) is 0 Å². The van der Waals surface area contributed by atoms with Crippen molar-refractivity contribution in [1.82, 2.24) is 5.32 Å². The average Bonchev–Trinajstić information content (AvgIpc) is 2.45. The lowest BCUT2D eigenvalue weighted by Crippen LogP contribution is -2.25. The highest BCUT2D eigenvalue weighted by Gasteiger charge is 2.06. The van der Waals surface area contributed by atoms with Crippen molar-refractivity contribution in [2.45, 2.75) is 32.1 Å². The van der Waals surface area contributed by atoms with Gasteiger partial charge in [-0.3, -0.25) is 9.59 Å². The molecule has 0 spiro atoms. The number of aliphatic carboxylic acids is 1. The molecule has 7 nitrogen and oxygen atoms in total. The minimum atomic E-state index is -0.780. The third-order valence-corrected chi connectivity index (χ3v) is 3.00. The van der Waals surface area contributed by atoms with Gasteiger partial charge < -0.3 is 21.5 Å². The zero-order chi connectivity index (χ0) is 16.4. The van der Waals surface area contributed by atoms with Gasteiger partial charge in [-0.25, -0.2) is 4.79 Å². The molecule has 0 aliphatic rings. The Morgan fingerprint density at radius 3 is 2.50 bits per heavy atom. The summed E-state index contributed by atoms with van der Waals surface area (Å²) < 4.78 is 0. The number of carboxylic acids is 1. The largest absolute Gasteiger partial charge is 0.481 e. The van der Waals surface area contributed by atoms with Gasteiger partial charge >= 0.3 is 12.0 Å². The van der Waals surface area contributed by atoms with Crippen LogP contribution in [0.1, 0.15) is 42.5 Å². The van der Waals surface area contributed by atoms with Crippen LogP contribution in [0.3, 0.4) is 0 Å². The molecule has 0 saturated carbocycles. The van der Waals surface area contributed by atoms with E-state index in [9.17, 15) is 14.4 Å². The first-order chi connectivity index (χ1) is 10.5. The van der Waals surface area contributed by atoms with E-state index in [-0.39, 0.29) is 12.3 Å². The first-order valence-electron chi connectivity index (χ1n) is 7.15. The number of anilines is 1. The van der Waals surface area contributed by atoms with Crippen LogP contribution in [0.4, 0.5) is 10.5 Å². The fraction of sp³-hybridized carbons (Fsp3) is 0.400. The lowest BCUT2D eigenvalue weighted by Gasteiger charge is -2.07. The molecule has 0 saturated heterocycles. The van der Waals surface area contributed by atoms with Gasteiger partial charge in [0, 0.05) is 24.2 Å². The van der Waals surface area contributed by atoms with E-state index in [0.717, 1.165) is 19.3 Å². The lowest BCUT2D eigenvalue weighted by molar-refractivity contribution is -0.137. The van der Waals surface area contributed by atoms with Crippen LogP contribution in [0, 0.1) is 0 Å². The molecule has 0 heterocycles. The van der Waals surface area contributed by atoms with Crippen LogP contribution in [0.25, 0.3) is 0 Å². The summed E-state index contributed by atoms with van der Waals surface area (Å²) in [5.41, 5.74) is 5.93. The Morgan fingerprint density at radius 2 is 1.82 bits per heavy atom. The summed E-state index contributed by atoms with van der Waals surface area (Å²) in [6, 6.07) is 5.82. The Hall–Kier alpha value is -2.57. The molecule has 3 amide bonds. The zero-order valence-corrected chi connectivity index (χ0v) is 12.3. The molecule has 7 heteroatoms. The highest BCUT2D eigenvalue weighted by atomic mass is 16.4. The van der Waals surface area contributed by atoms with Gasteiger partial charge in [0.05, 0.1) is 0 Å². The number of carbonyl (C=O) groups excluding carboxylic acids is 2. The Kier molecular flexibility index (Phi) is 7.45. The quantitative estimate of drug-likeness (QED) is 0.521. The van der Waals surface area contributed by atoms with Crippen molar-refractivity contribution in [3.8, 4) is 0 Å². The number of nitrogens with two attached hydrogens (primary N) is 1. The smallest absolute Gasteiger partial charge is 0.316 e. The maximum absolute atomic E-state index is 11.9. The summed E-state index contributed by atoms with van der Waals surface area (Å²) in [6.45, 7) is 0.527. The molecule has 0 bridgehead atoms. The molecule has 0 atom stereocenters. The molecule has 0 aliphatic carbocycles. The van der Waals surface area contributed by atoms with Gasteiger partial charge in [0.2, 0.25) is 0 Å². The summed E-state index contributed by atoms with van der Waals surface area (Å²) in [6.07, 6.45) is 3.34. The minimum Gasteiger partial charge on any atom is -0.481 e. The first kappa shape index (κ1) is 17.5. The number of urea groups is 1. The Morgan fingerprint density at radius 1 is 1.09 bits per heavy atom. The predicted molar refractivity (Wildman–Crippen MR) is 82.7 cm³/mol. The van der Waals surface area contributed by atoms with E-state index in [1.165, 1.54) is 0 Å². The average molecular weight is 307 g/mol. The predicted octanol–water partition coefficient (Wildman–Crippen LogP) is 1.94. The molecular formula is C15H21N3O4. The topological polar surface area (TPSA) is 122 Å². The van der Waals surface area contributed by atoms with Crippen LogP contribution in [0.15, 0.2) is 24.3 Å². The Balaban J connectivity index is 2.27. The van der Waals surface area contributed by atoms with Crippen molar-refractivity contribution in [2.24, 2.45) is 5.73 Å². The zero-order valence-electron chi connectivity index (χ0n) is 12.3. The molecular weight excluding hydrogens is 286 g/mol. The normalized spacial score (nSPS) is 10.0. The molecule has 1 rings (SSSR count). The van der Waals surface area contributed by atoms with Crippen molar-refractivity contribution in [1.29, 1.82) is 0 Å². The van der Waals surface area contributed by atoms with E-state index in [2.05, 4.69) is 10.6 Å². The van der Waals surface area contributed by atoms with Crippen LogP contribution >= 0.6 is 0 Å². The number of amides is 3. The highest BCUT2D eigenvalue weighted by Crippen LogP contribution is 2.10. The van der Waals surface area contributed by atoms with Gasteiger partial charge in [0.25, 0.3) is 5.91 Å². The highest BCUT2D eigenvalue weighted by molar-refractivity contribution is 5.96. The fourth-order valence-electron chi connectivity index (χ4n) is 1.94. The second-order valence-corrected chi connectivity index (χ2v) is 4.88. The Labute approximate surface area is 128 Å².